The smallest absolute Gasteiger partial charge is 0.344 e. The molecule has 0 unspecified atom stereocenters. The zero-order chi connectivity index (χ0) is 31.1. The van der Waals surface area contributed by atoms with Gasteiger partial charge in [-0.3, -0.25) is 0 Å². The molecule has 0 N–H and O–H groups in total. The van der Waals surface area contributed by atoms with E-state index in [-0.39, 0.29) is 24.3 Å². The van der Waals surface area contributed by atoms with Crippen LogP contribution in [0, 0.1) is 0 Å². The molecule has 220 valence electrons. The van der Waals surface area contributed by atoms with Gasteiger partial charge >= 0.3 is 47.6 Å². The van der Waals surface area contributed by atoms with Crippen molar-refractivity contribution in [2.75, 3.05) is 0 Å². The summed E-state index contributed by atoms with van der Waals surface area (Å²) in [6.45, 7) is 10.5. The van der Waals surface area contributed by atoms with Crippen molar-refractivity contribution in [3.05, 3.63) is 50.6 Å². The second-order valence-electron chi connectivity index (χ2n) is 8.47. The molecule has 0 spiro atoms. The lowest BCUT2D eigenvalue weighted by molar-refractivity contribution is -0.578. The van der Waals surface area contributed by atoms with Crippen molar-refractivity contribution < 1.29 is 82.0 Å². The first-order valence-corrected chi connectivity index (χ1v) is 10.3. The fourth-order valence-corrected chi connectivity index (χ4v) is 5.26. The third-order valence-corrected chi connectivity index (χ3v) is 6.87. The number of rotatable bonds is 8. The number of hydrogen-bond acceptors (Lipinski definition) is 8. The van der Waals surface area contributed by atoms with Gasteiger partial charge in [-0.2, -0.15) is 35.1 Å². The van der Waals surface area contributed by atoms with Crippen molar-refractivity contribution >= 4 is 23.9 Å². The Morgan fingerprint density at radius 3 is 0.725 bits per heavy atom. The van der Waals surface area contributed by atoms with Crippen LogP contribution in [0.25, 0.3) is 0 Å². The van der Waals surface area contributed by atoms with Crippen LogP contribution in [0.4, 0.5) is 43.9 Å². The maximum Gasteiger partial charge on any atom is 0.344 e. The molecule has 4 aliphatic carbocycles. The Bertz CT molecular complexity index is 1030. The summed E-state index contributed by atoms with van der Waals surface area (Å²) < 4.78 is 176. The molecule has 8 nitrogen and oxygen atoms in total. The quantitative estimate of drug-likeness (QED) is 0.182. The number of esters is 4. The monoisotopic (exact) mass is 596 g/mol. The van der Waals surface area contributed by atoms with E-state index in [1.54, 1.807) is 0 Å². The van der Waals surface area contributed by atoms with Crippen LogP contribution in [-0.2, 0) is 38.1 Å². The van der Waals surface area contributed by atoms with Crippen LogP contribution in [-0.4, -0.2) is 82.3 Å². The minimum atomic E-state index is -6.74. The van der Waals surface area contributed by atoms with Crippen LogP contribution in [0.2, 0.25) is 0 Å². The van der Waals surface area contributed by atoms with Crippen molar-refractivity contribution in [2.24, 2.45) is 0 Å². The number of ether oxygens (including phenoxy) is 4. The molecule has 0 aromatic heterocycles. The minimum Gasteiger partial charge on any atom is -0.439 e. The molecule has 0 atom stereocenters. The van der Waals surface area contributed by atoms with Gasteiger partial charge in [0.1, 0.15) is 0 Å². The molecule has 0 amide bonds. The molecule has 0 saturated heterocycles. The summed E-state index contributed by atoms with van der Waals surface area (Å²) in [4.78, 5) is 47.8. The summed E-state index contributed by atoms with van der Waals surface area (Å²) in [5.41, 5.74) is -24.3. The molecule has 0 heterocycles. The predicted molar refractivity (Wildman–Crippen MR) is 106 cm³/mol. The summed E-state index contributed by atoms with van der Waals surface area (Å²) in [6, 6.07) is 0. The maximum absolute atomic E-state index is 16.1. The summed E-state index contributed by atoms with van der Waals surface area (Å²) in [7, 11) is 0. The van der Waals surface area contributed by atoms with Crippen molar-refractivity contribution in [1.29, 1.82) is 0 Å². The highest BCUT2D eigenvalue weighted by atomic mass is 19.3. The van der Waals surface area contributed by atoms with Gasteiger partial charge in [-0.15, -0.1) is 0 Å². The van der Waals surface area contributed by atoms with Crippen LogP contribution >= 0.6 is 0 Å². The molecule has 4 aliphatic rings. The van der Waals surface area contributed by atoms with Crippen molar-refractivity contribution in [1.82, 2.24) is 0 Å². The van der Waals surface area contributed by atoms with Crippen LogP contribution in [0.15, 0.2) is 50.6 Å². The Hall–Kier alpha value is -3.86. The molecular formula is C22H14F10O8. The van der Waals surface area contributed by atoms with E-state index in [1.165, 1.54) is 0 Å². The Kier molecular flexibility index (Phi) is 6.39. The summed E-state index contributed by atoms with van der Waals surface area (Å²) in [6.07, 6.45) is -11.7. The fraction of sp³-hybridized carbons (Fsp3) is 0.455. The minimum absolute atomic E-state index is 0.242. The molecule has 0 aliphatic heterocycles. The highest BCUT2D eigenvalue weighted by molar-refractivity contribution is 5.86. The van der Waals surface area contributed by atoms with Gasteiger partial charge in [0.2, 0.25) is 12.3 Å². The average molecular weight is 596 g/mol. The van der Waals surface area contributed by atoms with E-state index >= 15 is 43.9 Å². The van der Waals surface area contributed by atoms with E-state index in [9.17, 15) is 19.2 Å². The summed E-state index contributed by atoms with van der Waals surface area (Å²) in [5.74, 6) is -37.1. The second kappa shape index (κ2) is 8.33. The third kappa shape index (κ3) is 2.60. The Morgan fingerprint density at radius 2 is 0.600 bits per heavy atom. The van der Waals surface area contributed by atoms with Crippen molar-refractivity contribution in [2.45, 2.75) is 58.4 Å². The second-order valence-corrected chi connectivity index (χ2v) is 8.47. The maximum atomic E-state index is 16.1. The van der Waals surface area contributed by atoms with E-state index < -0.39 is 82.3 Å². The van der Waals surface area contributed by atoms with E-state index in [4.69, 9.17) is 0 Å². The molecule has 4 fully saturated rings. The van der Waals surface area contributed by atoms with Gasteiger partial charge in [0.15, 0.2) is 0 Å². The first kappa shape index (κ1) is 30.7. The Labute approximate surface area is 215 Å². The molecule has 0 aromatic rings. The van der Waals surface area contributed by atoms with Crippen molar-refractivity contribution in [3.63, 3.8) is 0 Å². The molecule has 4 bridgehead atoms. The normalized spacial score (nSPS) is 38.8. The number of alkyl halides is 10. The van der Waals surface area contributed by atoms with E-state index in [2.05, 4.69) is 45.3 Å². The Morgan fingerprint density at radius 1 is 0.450 bits per heavy atom. The number of carbonyl (C=O) groups excluding carboxylic acids is 4. The summed E-state index contributed by atoms with van der Waals surface area (Å²) >= 11 is 0. The van der Waals surface area contributed by atoms with Crippen LogP contribution in [0.1, 0.15) is 0 Å². The molecule has 4 saturated carbocycles. The number of hydrogen-bond donors (Lipinski definition) is 0. The molecule has 18 heteroatoms. The van der Waals surface area contributed by atoms with Gasteiger partial charge in [0.05, 0.1) is 0 Å². The lowest BCUT2D eigenvalue weighted by Crippen LogP contribution is -3.09. The van der Waals surface area contributed by atoms with E-state index in [1.807, 2.05) is 0 Å². The molecular weight excluding hydrogens is 582 g/mol. The molecule has 4 rings (SSSR count). The highest BCUT2D eigenvalue weighted by Gasteiger charge is 3.17. The van der Waals surface area contributed by atoms with Gasteiger partial charge in [-0.1, -0.05) is 26.3 Å². The number of halogens is 10. The zero-order valence-corrected chi connectivity index (χ0v) is 19.3. The van der Waals surface area contributed by atoms with Crippen LogP contribution in [0.5, 0.6) is 0 Å². The van der Waals surface area contributed by atoms with Crippen LogP contribution < -0.4 is 0 Å². The van der Waals surface area contributed by atoms with Gasteiger partial charge in [-0.25, -0.2) is 28.0 Å². The fourth-order valence-electron chi connectivity index (χ4n) is 5.26. The number of carbonyl (C=O) groups is 4. The van der Waals surface area contributed by atoms with Gasteiger partial charge < -0.3 is 18.9 Å². The first-order valence-electron chi connectivity index (χ1n) is 10.3. The van der Waals surface area contributed by atoms with Gasteiger partial charge in [0.25, 0.3) is 22.4 Å². The van der Waals surface area contributed by atoms with Gasteiger partial charge in [0, 0.05) is 24.3 Å². The summed E-state index contributed by atoms with van der Waals surface area (Å²) in [5, 5.41) is 0. The zero-order valence-electron chi connectivity index (χ0n) is 19.3. The highest BCUT2D eigenvalue weighted by Crippen LogP contribution is 2.83. The van der Waals surface area contributed by atoms with E-state index in [0.29, 0.717) is 0 Å². The lowest BCUT2D eigenvalue weighted by atomic mass is 9.39. The van der Waals surface area contributed by atoms with E-state index in [0.717, 1.165) is 0 Å². The molecule has 0 aromatic carbocycles. The first-order chi connectivity index (χ1) is 18.1. The molecule has 40 heavy (non-hydrogen) atoms. The predicted octanol–water partition coefficient (Wildman–Crippen LogP) is 3.12. The standard InChI is InChI=1S/C22H14F10O8/c1-5-9(33)37-15-13(23)16(38-10(34)6-2)21(29,30)17(19(15,25)26,39-11(35)7-3)14(24)18(20(15,27)28,22(16,31)32)40-12(36)8-4/h5-8,13-14H,1-4H2. The average Bonchev–Trinajstić information content (AvgIpc) is 2.87. The van der Waals surface area contributed by atoms with Gasteiger partial charge in [-0.05, 0) is 0 Å². The topological polar surface area (TPSA) is 105 Å². The Balaban J connectivity index is 2.77. The third-order valence-electron chi connectivity index (χ3n) is 6.87. The van der Waals surface area contributed by atoms with Crippen molar-refractivity contribution in [3.8, 4) is 0 Å². The molecule has 0 radical (unpaired) electrons. The SMILES string of the molecule is C=CC(=O)OC12C(F)C3(OC(=O)C=C)C(F)(F)C(OC(=O)C=C)(C(F)C(OC(=O)C=C)(C1(F)F)C3(F)F)C2(F)F. The largest absolute Gasteiger partial charge is 0.439 e. The van der Waals surface area contributed by atoms with Crippen LogP contribution in [0.3, 0.4) is 0 Å². The lowest BCUT2D eigenvalue weighted by Gasteiger charge is -2.75.